The molecule has 0 spiro atoms. The van der Waals surface area contributed by atoms with Crippen LogP contribution in [-0.2, 0) is 5.54 Å². The maximum Gasteiger partial charge on any atom is 0.163 e. The van der Waals surface area contributed by atoms with Crippen molar-refractivity contribution in [2.24, 2.45) is 0 Å². The van der Waals surface area contributed by atoms with Crippen LogP contribution in [-0.4, -0.2) is 9.13 Å². The van der Waals surface area contributed by atoms with Gasteiger partial charge in [-0.3, -0.25) is 0 Å². The van der Waals surface area contributed by atoms with Gasteiger partial charge in [-0.05, 0) is 139 Å². The quantitative estimate of drug-likeness (QED) is 0.167. The Morgan fingerprint density at radius 3 is 1.29 bits per heavy atom. The first kappa shape index (κ1) is 40.5. The lowest BCUT2D eigenvalue weighted by molar-refractivity contribution is 0.536. The third kappa shape index (κ3) is 6.37. The summed E-state index contributed by atoms with van der Waals surface area (Å²) in [6, 6.07) is 60.2. The van der Waals surface area contributed by atoms with Crippen LogP contribution in [0.3, 0.4) is 0 Å². The second-order valence-electron chi connectivity index (χ2n) is 17.8. The van der Waals surface area contributed by atoms with Crippen molar-refractivity contribution in [1.82, 2.24) is 9.13 Å². The molecule has 11 rings (SSSR count). The second kappa shape index (κ2) is 15.4. The van der Waals surface area contributed by atoms with Crippen LogP contribution in [0.15, 0.2) is 175 Å². The van der Waals surface area contributed by atoms with Gasteiger partial charge in [0, 0.05) is 33.5 Å². The minimum atomic E-state index is -1.48. The zero-order valence-corrected chi connectivity index (χ0v) is 36.9. The van der Waals surface area contributed by atoms with Gasteiger partial charge < -0.3 is 9.13 Å². The van der Waals surface area contributed by atoms with Gasteiger partial charge in [0.2, 0.25) is 0 Å². The fourth-order valence-corrected chi connectivity index (χ4v) is 10.4. The molecule has 1 atom stereocenters. The molecular weight excluding hydrogens is 815 g/mol. The summed E-state index contributed by atoms with van der Waals surface area (Å²) in [6.07, 6.45) is 0.184. The second-order valence-corrected chi connectivity index (χ2v) is 17.8. The highest BCUT2D eigenvalue weighted by Gasteiger charge is 2.47. The van der Waals surface area contributed by atoms with Crippen LogP contribution in [0.25, 0.3) is 82.7 Å². The third-order valence-corrected chi connectivity index (χ3v) is 13.4. The molecule has 0 aliphatic heterocycles. The molecule has 316 valence electrons. The highest BCUT2D eigenvalue weighted by Crippen LogP contribution is 2.55. The van der Waals surface area contributed by atoms with Gasteiger partial charge in [0.25, 0.3) is 0 Å². The zero-order valence-electron chi connectivity index (χ0n) is 36.9. The Kier molecular flexibility index (Phi) is 9.46. The summed E-state index contributed by atoms with van der Waals surface area (Å²) >= 11 is 0. The molecule has 0 radical (unpaired) electrons. The number of aromatic nitrogens is 2. The molecule has 10 aromatic rings. The topological polar surface area (TPSA) is 57.4 Å². The Morgan fingerprint density at radius 2 is 0.864 bits per heavy atom. The Hall–Kier alpha value is -8.32. The number of aryl methyl sites for hydroxylation is 4. The molecule has 0 amide bonds. The van der Waals surface area contributed by atoms with Gasteiger partial charge in [-0.15, -0.1) is 0 Å². The first-order chi connectivity index (χ1) is 32.0. The largest absolute Gasteiger partial charge is 0.317 e. The monoisotopic (exact) mass is 856 g/mol. The van der Waals surface area contributed by atoms with Crippen LogP contribution in [0.1, 0.15) is 39.8 Å². The van der Waals surface area contributed by atoms with Crippen LogP contribution in [0.4, 0.5) is 8.78 Å². The maximum absolute atomic E-state index is 14.6. The van der Waals surface area contributed by atoms with E-state index in [1.807, 2.05) is 60.7 Å². The van der Waals surface area contributed by atoms with Crippen molar-refractivity contribution in [3.05, 3.63) is 220 Å². The molecule has 0 N–H and O–H groups in total. The highest BCUT2D eigenvalue weighted by molar-refractivity contribution is 6.16. The lowest BCUT2D eigenvalue weighted by atomic mass is 9.71. The molecule has 0 bridgehead atoms. The number of hydrogen-bond donors (Lipinski definition) is 0. The number of rotatable bonds is 6. The summed E-state index contributed by atoms with van der Waals surface area (Å²) in [6.45, 7) is 8.33. The molecular formula is C60H42F2N4. The third-order valence-electron chi connectivity index (χ3n) is 13.4. The summed E-state index contributed by atoms with van der Waals surface area (Å²) in [5, 5.41) is 28.5. The van der Waals surface area contributed by atoms with Gasteiger partial charge in [0.15, 0.2) is 5.54 Å². The molecule has 6 heteroatoms. The number of allylic oxidation sites excluding steroid dienone is 4. The van der Waals surface area contributed by atoms with Crippen molar-refractivity contribution in [2.45, 2.75) is 39.7 Å². The summed E-state index contributed by atoms with van der Waals surface area (Å²) in [4.78, 5) is 0. The smallest absolute Gasteiger partial charge is 0.163 e. The molecule has 1 aliphatic carbocycles. The Morgan fingerprint density at radius 1 is 0.455 bits per heavy atom. The predicted molar refractivity (Wildman–Crippen MR) is 265 cm³/mol. The van der Waals surface area contributed by atoms with Crippen molar-refractivity contribution in [1.29, 1.82) is 10.5 Å². The first-order valence-electron chi connectivity index (χ1n) is 22.1. The molecule has 2 heterocycles. The molecule has 66 heavy (non-hydrogen) atoms. The van der Waals surface area contributed by atoms with Gasteiger partial charge in [0.1, 0.15) is 17.7 Å². The van der Waals surface area contributed by atoms with E-state index in [-0.39, 0.29) is 18.1 Å². The summed E-state index contributed by atoms with van der Waals surface area (Å²) in [5.74, 6) is -0.650. The van der Waals surface area contributed by atoms with Crippen LogP contribution in [0.5, 0.6) is 0 Å². The van der Waals surface area contributed by atoms with Gasteiger partial charge in [-0.25, -0.2) is 8.78 Å². The molecule has 0 saturated heterocycles. The van der Waals surface area contributed by atoms with E-state index in [2.05, 4.69) is 122 Å². The van der Waals surface area contributed by atoms with Gasteiger partial charge in [-0.2, -0.15) is 10.5 Å². The van der Waals surface area contributed by atoms with E-state index >= 15 is 0 Å². The minimum Gasteiger partial charge on any atom is -0.317 e. The number of nitriles is 2. The van der Waals surface area contributed by atoms with E-state index in [9.17, 15) is 19.3 Å². The molecule has 1 aliphatic rings. The predicted octanol–water partition coefficient (Wildman–Crippen LogP) is 15.4. The molecule has 1 unspecified atom stereocenters. The summed E-state index contributed by atoms with van der Waals surface area (Å²) < 4.78 is 33.5. The van der Waals surface area contributed by atoms with E-state index in [4.69, 9.17) is 0 Å². The number of hydrogen-bond acceptors (Lipinski definition) is 2. The lowest BCUT2D eigenvalue weighted by Gasteiger charge is -2.39. The number of nitrogens with zero attached hydrogens (tertiary/aromatic N) is 4. The highest BCUT2D eigenvalue weighted by atomic mass is 19.1. The minimum absolute atomic E-state index is 0.184. The molecule has 4 nitrogen and oxygen atoms in total. The van der Waals surface area contributed by atoms with Gasteiger partial charge in [-0.1, -0.05) is 119 Å². The molecule has 0 fully saturated rings. The van der Waals surface area contributed by atoms with Crippen molar-refractivity contribution >= 4 is 60.5 Å². The standard InChI is InChI=1S/C60H42F2N4/c1-36-11-23-54-48(27-36)49-28-37(2)12-24-55(49)65(54)59-52(42-19-15-40(16-20-42)44-7-5-9-46(61)31-44)33-60(35-64,66-56-25-13-38(3)29-50(56)51-30-39(4)14-26-57(51)66)58(53(59)34-63)43-21-17-41(18-22-43)45-8-6-10-47(62)32-45/h5-32H,33H2,1-4H3. The Bertz CT molecular complexity index is 3690. The van der Waals surface area contributed by atoms with Crippen molar-refractivity contribution in [3.8, 4) is 34.4 Å². The normalized spacial score (nSPS) is 15.3. The van der Waals surface area contributed by atoms with Crippen LogP contribution < -0.4 is 0 Å². The molecule has 8 aromatic carbocycles. The van der Waals surface area contributed by atoms with Crippen LogP contribution in [0.2, 0.25) is 0 Å². The lowest BCUT2D eigenvalue weighted by Crippen LogP contribution is -2.37. The fourth-order valence-electron chi connectivity index (χ4n) is 10.4. The SMILES string of the molecule is Cc1ccc2c(c1)c1cc(C)ccc1n2C1=C(c2ccc(-c3cccc(F)c3)cc2)CC(C#N)(n2c3ccc(C)cc3c3cc(C)ccc32)C(c2ccc(-c3cccc(F)c3)cc2)=C1C#N. The van der Waals surface area contributed by atoms with E-state index in [1.165, 1.54) is 24.3 Å². The summed E-state index contributed by atoms with van der Waals surface area (Å²) in [5.41, 5.74) is 13.6. The Labute approximate surface area is 381 Å². The maximum atomic E-state index is 14.6. The van der Waals surface area contributed by atoms with Crippen LogP contribution in [0, 0.1) is 62.0 Å². The molecule has 2 aromatic heterocycles. The average Bonchev–Trinajstić information content (AvgIpc) is 3.81. The fraction of sp³-hybridized carbons (Fsp3) is 0.100. The van der Waals surface area contributed by atoms with E-state index in [0.717, 1.165) is 99.3 Å². The van der Waals surface area contributed by atoms with E-state index < -0.39 is 5.54 Å². The first-order valence-corrected chi connectivity index (χ1v) is 22.1. The number of fused-ring (bicyclic) bond motifs is 6. The average molecular weight is 857 g/mol. The van der Waals surface area contributed by atoms with Crippen molar-refractivity contribution in [3.63, 3.8) is 0 Å². The van der Waals surface area contributed by atoms with Crippen LogP contribution >= 0.6 is 0 Å². The van der Waals surface area contributed by atoms with E-state index in [0.29, 0.717) is 22.4 Å². The van der Waals surface area contributed by atoms with Crippen molar-refractivity contribution < 1.29 is 8.78 Å². The summed E-state index contributed by atoms with van der Waals surface area (Å²) in [7, 11) is 0. The van der Waals surface area contributed by atoms with Gasteiger partial charge in [0.05, 0.1) is 39.4 Å². The number of benzene rings is 8. The Balaban J connectivity index is 1.30. The van der Waals surface area contributed by atoms with E-state index in [1.54, 1.807) is 12.1 Å². The van der Waals surface area contributed by atoms with Gasteiger partial charge >= 0.3 is 0 Å². The van der Waals surface area contributed by atoms with Crippen molar-refractivity contribution in [2.75, 3.05) is 0 Å². The molecule has 0 saturated carbocycles. The number of halogens is 2. The zero-order chi connectivity index (χ0) is 45.4.